The van der Waals surface area contributed by atoms with Crippen LogP contribution in [0.5, 0.6) is 0 Å². The zero-order chi connectivity index (χ0) is 20.2. The predicted octanol–water partition coefficient (Wildman–Crippen LogP) is 2.62. The Bertz CT molecular complexity index is 1050. The first-order valence-electron chi connectivity index (χ1n) is 9.76. The summed E-state index contributed by atoms with van der Waals surface area (Å²) in [4.78, 5) is 21.3. The van der Waals surface area contributed by atoms with Crippen LogP contribution in [0, 0.1) is 0 Å². The first-order chi connectivity index (χ1) is 14.0. The number of hydrogen-bond acceptors (Lipinski definition) is 5. The second kappa shape index (κ2) is 6.52. The molecule has 8 heteroatoms. The van der Waals surface area contributed by atoms with Gasteiger partial charge in [-0.2, -0.15) is 9.61 Å². The first kappa shape index (κ1) is 18.1. The molecule has 5 heterocycles. The van der Waals surface area contributed by atoms with Crippen molar-refractivity contribution in [2.24, 2.45) is 0 Å². The van der Waals surface area contributed by atoms with Gasteiger partial charge in [0.25, 0.3) is 5.91 Å². The number of anilines is 1. The number of nitrogens with zero attached hydrogens (tertiary/aromatic N) is 5. The molecule has 5 rings (SSSR count). The smallest absolute Gasteiger partial charge is 0.261 e. The second-order valence-electron chi connectivity index (χ2n) is 7.70. The van der Waals surface area contributed by atoms with Crippen molar-refractivity contribution >= 4 is 17.4 Å². The van der Waals surface area contributed by atoms with Crippen LogP contribution >= 0.6 is 0 Å². The summed E-state index contributed by atoms with van der Waals surface area (Å²) in [6, 6.07) is 3.35. The molecule has 1 amide bonds. The molecule has 0 bridgehead atoms. The average Bonchev–Trinajstić information content (AvgIpc) is 3.39. The van der Waals surface area contributed by atoms with E-state index in [-0.39, 0.29) is 18.2 Å². The molecule has 7 nitrogen and oxygen atoms in total. The van der Waals surface area contributed by atoms with E-state index >= 15 is 0 Å². The van der Waals surface area contributed by atoms with E-state index in [2.05, 4.69) is 21.6 Å². The van der Waals surface area contributed by atoms with Gasteiger partial charge in [-0.05, 0) is 31.9 Å². The van der Waals surface area contributed by atoms with Gasteiger partial charge in [-0.25, -0.2) is 9.37 Å². The molecule has 0 radical (unpaired) electrons. The highest BCUT2D eigenvalue weighted by Gasteiger charge is 2.63. The van der Waals surface area contributed by atoms with Crippen molar-refractivity contribution in [2.75, 3.05) is 18.0 Å². The maximum absolute atomic E-state index is 14.4. The summed E-state index contributed by atoms with van der Waals surface area (Å²) >= 11 is 0. The quantitative estimate of drug-likeness (QED) is 0.745. The number of amides is 1. The third-order valence-electron chi connectivity index (χ3n) is 5.95. The minimum Gasteiger partial charge on any atom is -0.349 e. The number of aromatic nitrogens is 3. The molecule has 3 saturated heterocycles. The third-order valence-corrected chi connectivity index (χ3v) is 5.95. The molecular weight excluding hydrogens is 373 g/mol. The lowest BCUT2D eigenvalue weighted by Gasteiger charge is -2.46. The predicted molar refractivity (Wildman–Crippen MR) is 106 cm³/mol. The van der Waals surface area contributed by atoms with E-state index in [1.165, 1.54) is 6.08 Å². The lowest BCUT2D eigenvalue weighted by atomic mass is 9.92. The number of allylic oxidation sites excluding steroid dienone is 3. The van der Waals surface area contributed by atoms with Crippen molar-refractivity contribution in [2.45, 2.75) is 37.6 Å². The van der Waals surface area contributed by atoms with E-state index in [0.717, 1.165) is 11.5 Å². The number of ether oxygens (including phenoxy) is 1. The molecule has 2 atom stereocenters. The minimum absolute atomic E-state index is 0.0769. The number of hydrogen-bond donors (Lipinski definition) is 0. The van der Waals surface area contributed by atoms with Gasteiger partial charge in [0.05, 0.1) is 25.3 Å². The Hall–Kier alpha value is -3.00. The fraction of sp³-hybridized carbons (Fsp3) is 0.381. The van der Waals surface area contributed by atoms with Gasteiger partial charge in [-0.3, -0.25) is 4.79 Å². The zero-order valence-corrected chi connectivity index (χ0v) is 16.2. The molecule has 0 unspecified atom stereocenters. The van der Waals surface area contributed by atoms with Gasteiger partial charge in [0, 0.05) is 17.8 Å². The Morgan fingerprint density at radius 2 is 2.17 bits per heavy atom. The van der Waals surface area contributed by atoms with Crippen molar-refractivity contribution in [1.82, 2.24) is 19.5 Å². The van der Waals surface area contributed by atoms with Crippen LogP contribution in [-0.4, -0.2) is 56.4 Å². The molecular formula is C21H22FN5O2. The molecule has 3 aliphatic rings. The monoisotopic (exact) mass is 395 g/mol. The topological polar surface area (TPSA) is 63.0 Å². The van der Waals surface area contributed by atoms with Gasteiger partial charge in [-0.15, -0.1) is 0 Å². The summed E-state index contributed by atoms with van der Waals surface area (Å²) in [5.41, 5.74) is 0.209. The van der Waals surface area contributed by atoms with Crippen molar-refractivity contribution in [3.63, 3.8) is 0 Å². The van der Waals surface area contributed by atoms with Crippen molar-refractivity contribution < 1.29 is 13.9 Å². The number of fused-ring (bicyclic) bond motifs is 2. The highest BCUT2D eigenvalue weighted by molar-refractivity contribution is 5.91. The maximum Gasteiger partial charge on any atom is 0.261 e. The zero-order valence-electron chi connectivity index (χ0n) is 16.2. The van der Waals surface area contributed by atoms with Crippen LogP contribution in [0.25, 0.3) is 5.65 Å². The summed E-state index contributed by atoms with van der Waals surface area (Å²) in [5.74, 6) is 0.401. The second-order valence-corrected chi connectivity index (χ2v) is 7.70. The van der Waals surface area contributed by atoms with Gasteiger partial charge >= 0.3 is 0 Å². The highest BCUT2D eigenvalue weighted by Crippen LogP contribution is 2.45. The van der Waals surface area contributed by atoms with Crippen LogP contribution < -0.4 is 4.90 Å². The summed E-state index contributed by atoms with van der Waals surface area (Å²) in [6.45, 7) is 6.61. The Labute approximate surface area is 167 Å². The lowest BCUT2D eigenvalue weighted by molar-refractivity contribution is -0.140. The maximum atomic E-state index is 14.4. The lowest BCUT2D eigenvalue weighted by Crippen LogP contribution is -2.67. The number of carbonyl (C=O) groups excluding carboxylic acids is 1. The van der Waals surface area contributed by atoms with Crippen molar-refractivity contribution in [3.05, 3.63) is 60.7 Å². The molecule has 3 aliphatic heterocycles. The number of carbonyl (C=O) groups is 1. The number of rotatable bonds is 4. The fourth-order valence-corrected chi connectivity index (χ4v) is 4.51. The normalized spacial score (nSPS) is 26.0. The molecule has 3 fully saturated rings. The summed E-state index contributed by atoms with van der Waals surface area (Å²) in [6.07, 6.45) is 9.22. The van der Waals surface area contributed by atoms with E-state index in [1.54, 1.807) is 34.0 Å². The summed E-state index contributed by atoms with van der Waals surface area (Å²) in [5, 5.41) is 4.30. The summed E-state index contributed by atoms with van der Waals surface area (Å²) in [7, 11) is 0. The number of halogens is 1. The van der Waals surface area contributed by atoms with Gasteiger partial charge in [0.2, 0.25) is 0 Å². The van der Waals surface area contributed by atoms with Gasteiger partial charge in [0.15, 0.2) is 11.2 Å². The van der Waals surface area contributed by atoms with Crippen LogP contribution in [0.3, 0.4) is 0 Å². The Morgan fingerprint density at radius 3 is 2.97 bits per heavy atom. The molecule has 150 valence electrons. The Kier molecular flexibility index (Phi) is 4.06. The van der Waals surface area contributed by atoms with E-state index in [1.807, 2.05) is 19.1 Å². The highest BCUT2D eigenvalue weighted by atomic mass is 19.1. The van der Waals surface area contributed by atoms with E-state index < -0.39 is 11.4 Å². The van der Waals surface area contributed by atoms with Crippen molar-refractivity contribution in [3.8, 4) is 0 Å². The van der Waals surface area contributed by atoms with Gasteiger partial charge in [0.1, 0.15) is 17.9 Å². The van der Waals surface area contributed by atoms with Crippen LogP contribution in [0.15, 0.2) is 60.7 Å². The largest absolute Gasteiger partial charge is 0.349 e. The molecule has 0 aliphatic carbocycles. The van der Waals surface area contributed by atoms with Gasteiger partial charge < -0.3 is 14.5 Å². The van der Waals surface area contributed by atoms with Crippen LogP contribution in [0.1, 0.15) is 19.8 Å². The molecule has 29 heavy (non-hydrogen) atoms. The molecule has 2 aromatic rings. The van der Waals surface area contributed by atoms with E-state index in [9.17, 15) is 9.18 Å². The third kappa shape index (κ3) is 2.62. The molecule has 0 saturated carbocycles. The standard InChI is InChI=1S/C21H22FN5O2/c1-3-4-5-15(22)14(2)16-6-7-19-26(16)20(28)21(29-19)12-25(13-21)18-9-10-23-17-8-11-24-27(17)18/h3-5,8-11,16,19H,2,6-7,12-13H2,1H3/b4-3-,15-5+/t16-,19+/m0/s1. The van der Waals surface area contributed by atoms with Gasteiger partial charge in [-0.1, -0.05) is 18.7 Å². The van der Waals surface area contributed by atoms with E-state index in [0.29, 0.717) is 31.5 Å². The first-order valence-corrected chi connectivity index (χ1v) is 9.76. The minimum atomic E-state index is -0.879. The average molecular weight is 395 g/mol. The SMILES string of the molecule is C=C(/C(F)=C\C=C/C)[C@@H]1CC[C@H]2OC3(CN(c4ccnc5ccnn45)C3)C(=O)N21. The van der Waals surface area contributed by atoms with E-state index in [4.69, 9.17) is 4.74 Å². The van der Waals surface area contributed by atoms with Crippen molar-refractivity contribution in [1.29, 1.82) is 0 Å². The fourth-order valence-electron chi connectivity index (χ4n) is 4.51. The van der Waals surface area contributed by atoms with Crippen LogP contribution in [0.2, 0.25) is 0 Å². The molecule has 1 spiro atoms. The summed E-state index contributed by atoms with van der Waals surface area (Å²) < 4.78 is 22.4. The Balaban J connectivity index is 1.35. The van der Waals surface area contributed by atoms with Crippen LogP contribution in [0.4, 0.5) is 10.2 Å². The molecule has 0 N–H and O–H groups in total. The molecule has 0 aromatic carbocycles. The van der Waals surface area contributed by atoms with Crippen LogP contribution in [-0.2, 0) is 9.53 Å². The Morgan fingerprint density at radius 1 is 1.34 bits per heavy atom. The molecule has 2 aromatic heterocycles.